The van der Waals surface area contributed by atoms with Crippen molar-refractivity contribution in [2.45, 2.75) is 13.3 Å². The highest BCUT2D eigenvalue weighted by atomic mass is 35.5. The monoisotopic (exact) mass is 368 g/mol. The molecule has 0 fully saturated rings. The predicted molar refractivity (Wildman–Crippen MR) is 97.4 cm³/mol. The van der Waals surface area contributed by atoms with Crippen LogP contribution in [0.5, 0.6) is 0 Å². The van der Waals surface area contributed by atoms with Crippen molar-refractivity contribution >= 4 is 23.2 Å². The van der Waals surface area contributed by atoms with E-state index in [0.717, 1.165) is 23.0 Å². The van der Waals surface area contributed by atoms with E-state index >= 15 is 0 Å². The lowest BCUT2D eigenvalue weighted by atomic mass is 10.1. The van der Waals surface area contributed by atoms with Gasteiger partial charge in [0.25, 0.3) is 0 Å². The molecular formula is C18H14ClFN6. The van der Waals surface area contributed by atoms with E-state index in [9.17, 15) is 4.39 Å². The summed E-state index contributed by atoms with van der Waals surface area (Å²) in [5, 5.41) is 4.63. The van der Waals surface area contributed by atoms with Crippen molar-refractivity contribution in [1.29, 1.82) is 0 Å². The molecule has 130 valence electrons. The Balaban J connectivity index is 1.80. The Labute approximate surface area is 153 Å². The van der Waals surface area contributed by atoms with Crippen LogP contribution in [0.15, 0.2) is 42.6 Å². The Hall–Kier alpha value is -3.06. The van der Waals surface area contributed by atoms with Crippen molar-refractivity contribution < 1.29 is 4.39 Å². The summed E-state index contributed by atoms with van der Waals surface area (Å²) in [5.74, 6) is 0.229. The molecule has 8 heteroatoms. The number of anilines is 1. The molecule has 0 amide bonds. The van der Waals surface area contributed by atoms with E-state index in [1.807, 2.05) is 37.3 Å². The third-order valence-electron chi connectivity index (χ3n) is 4.04. The number of fused-ring (bicyclic) bond motifs is 1. The highest BCUT2D eigenvalue weighted by molar-refractivity contribution is 6.31. The SMILES string of the molecule is Cc1c(-c2ccccc2)nc(N)n2nc(Cc3ncc(F)cc3Cl)nc12. The molecule has 3 heterocycles. The number of hydrogen-bond donors (Lipinski definition) is 1. The molecule has 0 unspecified atom stereocenters. The summed E-state index contributed by atoms with van der Waals surface area (Å²) in [4.78, 5) is 13.0. The minimum atomic E-state index is -0.487. The minimum Gasteiger partial charge on any atom is -0.368 e. The number of rotatable bonds is 3. The third kappa shape index (κ3) is 2.86. The van der Waals surface area contributed by atoms with Gasteiger partial charge in [-0.15, -0.1) is 5.10 Å². The molecule has 0 saturated heterocycles. The molecule has 0 spiro atoms. The van der Waals surface area contributed by atoms with E-state index in [1.54, 1.807) is 0 Å². The summed E-state index contributed by atoms with van der Waals surface area (Å²) in [7, 11) is 0. The Morgan fingerprint density at radius 2 is 1.96 bits per heavy atom. The smallest absolute Gasteiger partial charge is 0.223 e. The fraction of sp³-hybridized carbons (Fsp3) is 0.111. The van der Waals surface area contributed by atoms with Crippen LogP contribution in [0.1, 0.15) is 17.1 Å². The number of halogens is 2. The Morgan fingerprint density at radius 3 is 2.69 bits per heavy atom. The second-order valence-electron chi connectivity index (χ2n) is 5.83. The second kappa shape index (κ2) is 6.34. The van der Waals surface area contributed by atoms with Crippen molar-refractivity contribution in [3.63, 3.8) is 0 Å². The molecule has 0 aliphatic rings. The molecule has 0 radical (unpaired) electrons. The van der Waals surface area contributed by atoms with Crippen LogP contribution in [-0.4, -0.2) is 24.6 Å². The van der Waals surface area contributed by atoms with Crippen molar-refractivity contribution in [3.8, 4) is 11.3 Å². The number of nitrogens with zero attached hydrogens (tertiary/aromatic N) is 5. The Bertz CT molecular complexity index is 1110. The molecule has 0 aliphatic heterocycles. The van der Waals surface area contributed by atoms with Gasteiger partial charge in [-0.2, -0.15) is 4.52 Å². The molecule has 0 bridgehead atoms. The van der Waals surface area contributed by atoms with E-state index in [4.69, 9.17) is 17.3 Å². The van der Waals surface area contributed by atoms with Gasteiger partial charge in [0.15, 0.2) is 11.5 Å². The summed E-state index contributed by atoms with van der Waals surface area (Å²) in [6.45, 7) is 1.92. The van der Waals surface area contributed by atoms with Crippen LogP contribution >= 0.6 is 11.6 Å². The van der Waals surface area contributed by atoms with Crippen molar-refractivity contribution in [2.75, 3.05) is 5.73 Å². The molecule has 1 aromatic carbocycles. The van der Waals surface area contributed by atoms with Crippen molar-refractivity contribution in [2.24, 2.45) is 0 Å². The van der Waals surface area contributed by atoms with Gasteiger partial charge in [-0.1, -0.05) is 41.9 Å². The molecule has 0 aliphatic carbocycles. The summed E-state index contributed by atoms with van der Waals surface area (Å²) in [6.07, 6.45) is 1.38. The van der Waals surface area contributed by atoms with Gasteiger partial charge < -0.3 is 5.73 Å². The lowest BCUT2D eigenvalue weighted by molar-refractivity contribution is 0.619. The number of aryl methyl sites for hydroxylation is 1. The van der Waals surface area contributed by atoms with Gasteiger partial charge in [0.05, 0.1) is 29.0 Å². The number of nitrogens with two attached hydrogens (primary N) is 1. The summed E-state index contributed by atoms with van der Waals surface area (Å²) in [5.41, 5.74) is 9.76. The van der Waals surface area contributed by atoms with Gasteiger partial charge in [-0.25, -0.2) is 14.4 Å². The van der Waals surface area contributed by atoms with Gasteiger partial charge in [-0.05, 0) is 13.0 Å². The van der Waals surface area contributed by atoms with Crippen LogP contribution in [0.3, 0.4) is 0 Å². The molecule has 0 atom stereocenters. The highest BCUT2D eigenvalue weighted by Crippen LogP contribution is 2.25. The molecule has 26 heavy (non-hydrogen) atoms. The standard InChI is InChI=1S/C18H14ClFN6/c1-10-16(11-5-3-2-4-6-11)24-18(21)26-17(10)23-15(25-26)8-14-13(19)7-12(20)9-22-14/h2-7,9H,8H2,1H3,(H2,21,24). The van der Waals surface area contributed by atoms with Crippen LogP contribution in [0, 0.1) is 12.7 Å². The molecule has 3 aromatic heterocycles. The average molecular weight is 369 g/mol. The quantitative estimate of drug-likeness (QED) is 0.598. The minimum absolute atomic E-state index is 0.233. The van der Waals surface area contributed by atoms with Gasteiger partial charge in [0, 0.05) is 11.1 Å². The number of nitrogen functional groups attached to an aromatic ring is 1. The number of pyridine rings is 1. The molecule has 4 rings (SSSR count). The predicted octanol–water partition coefficient (Wildman–Crippen LogP) is 3.46. The normalized spacial score (nSPS) is 11.2. The van der Waals surface area contributed by atoms with Crippen molar-refractivity contribution in [3.05, 3.63) is 70.5 Å². The number of hydrogen-bond acceptors (Lipinski definition) is 5. The first-order chi connectivity index (χ1) is 12.5. The van der Waals surface area contributed by atoms with Crippen LogP contribution in [-0.2, 0) is 6.42 Å². The van der Waals surface area contributed by atoms with Gasteiger partial charge >= 0.3 is 0 Å². The maximum atomic E-state index is 13.2. The molecule has 0 saturated carbocycles. The second-order valence-corrected chi connectivity index (χ2v) is 6.24. The van der Waals surface area contributed by atoms with E-state index in [2.05, 4.69) is 20.1 Å². The van der Waals surface area contributed by atoms with Crippen LogP contribution in [0.4, 0.5) is 10.3 Å². The largest absolute Gasteiger partial charge is 0.368 e. The first-order valence-electron chi connectivity index (χ1n) is 7.90. The number of benzene rings is 1. The fourth-order valence-corrected chi connectivity index (χ4v) is 3.00. The van der Waals surface area contributed by atoms with Gasteiger partial charge in [0.2, 0.25) is 5.95 Å². The maximum Gasteiger partial charge on any atom is 0.223 e. The van der Waals surface area contributed by atoms with E-state index in [0.29, 0.717) is 17.2 Å². The fourth-order valence-electron chi connectivity index (χ4n) is 2.78. The average Bonchev–Trinajstić information content (AvgIpc) is 3.06. The van der Waals surface area contributed by atoms with Crippen molar-refractivity contribution in [1.82, 2.24) is 24.6 Å². The molecule has 6 nitrogen and oxygen atoms in total. The van der Waals surface area contributed by atoms with Gasteiger partial charge in [0.1, 0.15) is 5.82 Å². The summed E-state index contributed by atoms with van der Waals surface area (Å²) < 4.78 is 14.7. The zero-order valence-electron chi connectivity index (χ0n) is 13.8. The van der Waals surface area contributed by atoms with Crippen LogP contribution in [0.2, 0.25) is 5.02 Å². The number of aromatic nitrogens is 5. The molecule has 4 aromatic rings. The Kier molecular flexibility index (Phi) is 4.00. The summed E-state index contributed by atoms with van der Waals surface area (Å²) in [6, 6.07) is 11.0. The van der Waals surface area contributed by atoms with Crippen LogP contribution in [0.25, 0.3) is 16.9 Å². The third-order valence-corrected chi connectivity index (χ3v) is 4.37. The zero-order chi connectivity index (χ0) is 18.3. The molecule has 2 N–H and O–H groups in total. The topological polar surface area (TPSA) is 82.0 Å². The Morgan fingerprint density at radius 1 is 1.19 bits per heavy atom. The summed E-state index contributed by atoms with van der Waals surface area (Å²) >= 11 is 6.04. The lowest BCUT2D eigenvalue weighted by Gasteiger charge is -2.07. The first-order valence-corrected chi connectivity index (χ1v) is 8.28. The van der Waals surface area contributed by atoms with E-state index in [-0.39, 0.29) is 17.4 Å². The first kappa shape index (κ1) is 16.4. The van der Waals surface area contributed by atoms with E-state index in [1.165, 1.54) is 10.6 Å². The van der Waals surface area contributed by atoms with Gasteiger partial charge in [-0.3, -0.25) is 4.98 Å². The van der Waals surface area contributed by atoms with Crippen LogP contribution < -0.4 is 5.73 Å². The molecular weight excluding hydrogens is 355 g/mol. The highest BCUT2D eigenvalue weighted by Gasteiger charge is 2.16. The van der Waals surface area contributed by atoms with E-state index < -0.39 is 5.82 Å². The zero-order valence-corrected chi connectivity index (χ0v) is 14.6. The maximum absolute atomic E-state index is 13.2. The lowest BCUT2D eigenvalue weighted by Crippen LogP contribution is -2.05.